The number of ether oxygens (including phenoxy) is 3. The van der Waals surface area contributed by atoms with E-state index >= 15 is 0 Å². The van der Waals surface area contributed by atoms with Gasteiger partial charge in [-0.25, -0.2) is 0 Å². The number of amides is 1. The van der Waals surface area contributed by atoms with Crippen LogP contribution in [-0.4, -0.2) is 36.7 Å². The van der Waals surface area contributed by atoms with Crippen LogP contribution < -0.4 is 10.5 Å². The lowest BCUT2D eigenvalue weighted by Crippen LogP contribution is -2.31. The van der Waals surface area contributed by atoms with Crippen molar-refractivity contribution >= 4 is 17.8 Å². The van der Waals surface area contributed by atoms with Crippen molar-refractivity contribution in [2.45, 2.75) is 32.0 Å². The van der Waals surface area contributed by atoms with Gasteiger partial charge in [0.25, 0.3) is 5.91 Å². The Kier molecular flexibility index (Phi) is 3.71. The number of benzene rings is 1. The largest absolute Gasteiger partial charge is 0.489 e. The van der Waals surface area contributed by atoms with Crippen LogP contribution in [0.25, 0.3) is 0 Å². The van der Waals surface area contributed by atoms with Crippen molar-refractivity contribution in [1.29, 1.82) is 0 Å². The van der Waals surface area contributed by atoms with Crippen LogP contribution in [-0.2, 0) is 19.1 Å². The Labute approximate surface area is 132 Å². The molecule has 7 heteroatoms. The number of cyclic esters (lactones) is 2. The summed E-state index contributed by atoms with van der Waals surface area (Å²) in [5, 5.41) is 0. The van der Waals surface area contributed by atoms with E-state index in [2.05, 4.69) is 0 Å². The standard InChI is InChI=1S/C16H17NO6/c1-9-6-16(14(19)22-9)7-10(23-15(16)20)8-21-12-5-3-2-4-11(12)13(17)18/h2-5,9-10H,6-8H2,1H3,(H2,17,18)/t9-,10+,16-/m0/s1. The van der Waals surface area contributed by atoms with Gasteiger partial charge in [-0.05, 0) is 19.1 Å². The molecule has 2 saturated heterocycles. The van der Waals surface area contributed by atoms with Crippen molar-refractivity contribution < 1.29 is 28.6 Å². The summed E-state index contributed by atoms with van der Waals surface area (Å²) in [6.07, 6.45) is -0.334. The first-order chi connectivity index (χ1) is 10.9. The Morgan fingerprint density at radius 3 is 2.61 bits per heavy atom. The Bertz CT molecular complexity index is 672. The van der Waals surface area contributed by atoms with Crippen LogP contribution in [0.4, 0.5) is 0 Å². The number of carbonyl (C=O) groups excluding carboxylic acids is 3. The molecule has 1 amide bonds. The predicted octanol–water partition coefficient (Wildman–Crippen LogP) is 0.802. The summed E-state index contributed by atoms with van der Waals surface area (Å²) >= 11 is 0. The maximum Gasteiger partial charge on any atom is 0.324 e. The molecule has 0 unspecified atom stereocenters. The maximum absolute atomic E-state index is 12.1. The van der Waals surface area contributed by atoms with E-state index in [-0.39, 0.29) is 24.7 Å². The van der Waals surface area contributed by atoms with Gasteiger partial charge < -0.3 is 19.9 Å². The number of hydrogen-bond acceptors (Lipinski definition) is 6. The van der Waals surface area contributed by atoms with Gasteiger partial charge in [0.15, 0.2) is 5.41 Å². The summed E-state index contributed by atoms with van der Waals surface area (Å²) < 4.78 is 15.9. The third-order valence-corrected chi connectivity index (χ3v) is 4.15. The van der Waals surface area contributed by atoms with E-state index in [9.17, 15) is 14.4 Å². The number of rotatable bonds is 4. The lowest BCUT2D eigenvalue weighted by atomic mass is 9.82. The molecule has 2 fully saturated rings. The van der Waals surface area contributed by atoms with Gasteiger partial charge in [0.1, 0.15) is 24.6 Å². The van der Waals surface area contributed by atoms with E-state index in [0.717, 1.165) is 0 Å². The molecule has 1 spiro atoms. The van der Waals surface area contributed by atoms with Gasteiger partial charge in [-0.15, -0.1) is 0 Å². The number of para-hydroxylation sites is 1. The average Bonchev–Trinajstić information content (AvgIpc) is 2.97. The lowest BCUT2D eigenvalue weighted by Gasteiger charge is -2.13. The molecule has 1 aromatic rings. The quantitative estimate of drug-likeness (QED) is 0.650. The number of esters is 2. The molecule has 122 valence electrons. The molecule has 7 nitrogen and oxygen atoms in total. The Hall–Kier alpha value is -2.57. The van der Waals surface area contributed by atoms with E-state index in [1.165, 1.54) is 0 Å². The monoisotopic (exact) mass is 319 g/mol. The van der Waals surface area contributed by atoms with E-state index in [1.54, 1.807) is 31.2 Å². The van der Waals surface area contributed by atoms with Gasteiger partial charge in [0, 0.05) is 12.8 Å². The van der Waals surface area contributed by atoms with Crippen molar-refractivity contribution in [3.63, 3.8) is 0 Å². The van der Waals surface area contributed by atoms with Crippen LogP contribution in [0, 0.1) is 5.41 Å². The molecule has 0 radical (unpaired) electrons. The van der Waals surface area contributed by atoms with Crippen LogP contribution in [0.2, 0.25) is 0 Å². The van der Waals surface area contributed by atoms with Gasteiger partial charge in [0.2, 0.25) is 0 Å². The summed E-state index contributed by atoms with van der Waals surface area (Å²) in [4.78, 5) is 35.4. The zero-order chi connectivity index (χ0) is 16.6. The summed E-state index contributed by atoms with van der Waals surface area (Å²) in [6, 6.07) is 6.54. The van der Waals surface area contributed by atoms with Crippen molar-refractivity contribution in [3.05, 3.63) is 29.8 Å². The highest BCUT2D eigenvalue weighted by atomic mass is 16.6. The molecule has 2 aliphatic rings. The van der Waals surface area contributed by atoms with Crippen molar-refractivity contribution in [2.75, 3.05) is 6.61 Å². The molecule has 0 saturated carbocycles. The van der Waals surface area contributed by atoms with E-state index in [1.807, 2.05) is 0 Å². The minimum atomic E-state index is -1.21. The molecule has 0 aliphatic carbocycles. The highest BCUT2D eigenvalue weighted by Crippen LogP contribution is 2.44. The zero-order valence-corrected chi connectivity index (χ0v) is 12.6. The second kappa shape index (κ2) is 5.57. The molecule has 1 aromatic carbocycles. The van der Waals surface area contributed by atoms with Crippen molar-refractivity contribution in [1.82, 2.24) is 0 Å². The van der Waals surface area contributed by atoms with Crippen LogP contribution >= 0.6 is 0 Å². The SMILES string of the molecule is C[C@H]1C[C@]2(C[C@H](COc3ccccc3C(N)=O)OC2=O)C(=O)O1. The molecule has 0 bridgehead atoms. The highest BCUT2D eigenvalue weighted by Gasteiger charge is 2.60. The molecular weight excluding hydrogens is 302 g/mol. The second-order valence-corrected chi connectivity index (χ2v) is 5.91. The third-order valence-electron chi connectivity index (χ3n) is 4.15. The fourth-order valence-corrected chi connectivity index (χ4v) is 3.09. The third kappa shape index (κ3) is 2.62. The van der Waals surface area contributed by atoms with Gasteiger partial charge in [0.05, 0.1) is 5.56 Å². The van der Waals surface area contributed by atoms with E-state index < -0.39 is 29.4 Å². The minimum Gasteiger partial charge on any atom is -0.489 e. The lowest BCUT2D eigenvalue weighted by molar-refractivity contribution is -0.158. The summed E-state index contributed by atoms with van der Waals surface area (Å²) in [6.45, 7) is 1.78. The topological polar surface area (TPSA) is 105 Å². The molecular formula is C16H17NO6. The predicted molar refractivity (Wildman–Crippen MR) is 77.6 cm³/mol. The van der Waals surface area contributed by atoms with Crippen LogP contribution in [0.5, 0.6) is 5.75 Å². The Morgan fingerprint density at radius 1 is 1.26 bits per heavy atom. The fraction of sp³-hybridized carbons (Fsp3) is 0.438. The minimum absolute atomic E-state index is 0.0411. The Balaban J connectivity index is 1.68. The van der Waals surface area contributed by atoms with Gasteiger partial charge in [-0.1, -0.05) is 12.1 Å². The first-order valence-electron chi connectivity index (χ1n) is 7.36. The molecule has 0 aromatic heterocycles. The van der Waals surface area contributed by atoms with Crippen molar-refractivity contribution in [2.24, 2.45) is 11.1 Å². The molecule has 3 rings (SSSR count). The number of primary amides is 1. The average molecular weight is 319 g/mol. The first kappa shape index (κ1) is 15.3. The highest BCUT2D eigenvalue weighted by molar-refractivity contribution is 6.02. The zero-order valence-electron chi connectivity index (χ0n) is 12.6. The molecule has 2 N–H and O–H groups in total. The van der Waals surface area contributed by atoms with Gasteiger partial charge in [-0.3, -0.25) is 14.4 Å². The Morgan fingerprint density at radius 2 is 1.96 bits per heavy atom. The molecule has 3 atom stereocenters. The fourth-order valence-electron chi connectivity index (χ4n) is 3.09. The summed E-state index contributed by atoms with van der Waals surface area (Å²) in [5.74, 6) is -1.38. The number of nitrogens with two attached hydrogens (primary N) is 1. The van der Waals surface area contributed by atoms with Crippen molar-refractivity contribution in [3.8, 4) is 5.75 Å². The maximum atomic E-state index is 12.1. The molecule has 2 aliphatic heterocycles. The second-order valence-electron chi connectivity index (χ2n) is 5.91. The summed E-state index contributed by atoms with van der Waals surface area (Å²) in [7, 11) is 0. The summed E-state index contributed by atoms with van der Waals surface area (Å²) in [5.41, 5.74) is 4.32. The van der Waals surface area contributed by atoms with Crippen LogP contribution in [0.1, 0.15) is 30.1 Å². The van der Waals surface area contributed by atoms with Crippen LogP contribution in [0.3, 0.4) is 0 Å². The van der Waals surface area contributed by atoms with Gasteiger partial charge >= 0.3 is 11.9 Å². The smallest absolute Gasteiger partial charge is 0.324 e. The number of hydrogen-bond donors (Lipinski definition) is 1. The first-order valence-corrected chi connectivity index (χ1v) is 7.36. The normalized spacial score (nSPS) is 29.4. The molecule has 2 heterocycles. The number of carbonyl (C=O) groups is 3. The van der Waals surface area contributed by atoms with E-state index in [4.69, 9.17) is 19.9 Å². The van der Waals surface area contributed by atoms with Crippen LogP contribution in [0.15, 0.2) is 24.3 Å². The van der Waals surface area contributed by atoms with E-state index in [0.29, 0.717) is 12.2 Å². The van der Waals surface area contributed by atoms with Gasteiger partial charge in [-0.2, -0.15) is 0 Å². The molecule has 23 heavy (non-hydrogen) atoms.